The molecule has 5 rings (SSSR count). The molecular formula is C30H48O. The Labute approximate surface area is 192 Å². The highest BCUT2D eigenvalue weighted by Gasteiger charge is 2.67. The molecule has 1 nitrogen and oxygen atoms in total. The normalized spacial score (nSPS) is 52.8. The highest BCUT2D eigenvalue weighted by molar-refractivity contribution is 5.85. The molecule has 0 radical (unpaired) electrons. The second kappa shape index (κ2) is 6.29. The van der Waals surface area contributed by atoms with E-state index in [1.807, 2.05) is 5.57 Å². The Bertz CT molecular complexity index is 831. The Morgan fingerprint density at radius 3 is 2.19 bits per heavy atom. The molecule has 0 aromatic heterocycles. The van der Waals surface area contributed by atoms with Crippen molar-refractivity contribution in [2.24, 2.45) is 50.2 Å². The van der Waals surface area contributed by atoms with Gasteiger partial charge in [-0.1, -0.05) is 67.0 Å². The summed E-state index contributed by atoms with van der Waals surface area (Å²) in [5, 5.41) is 0. The predicted molar refractivity (Wildman–Crippen MR) is 130 cm³/mol. The van der Waals surface area contributed by atoms with Crippen LogP contribution in [0, 0.1) is 50.2 Å². The smallest absolute Gasteiger partial charge is 0.138 e. The van der Waals surface area contributed by atoms with Crippen molar-refractivity contribution in [1.29, 1.82) is 0 Å². The molecule has 0 aromatic carbocycles. The average molecular weight is 425 g/mol. The molecule has 0 N–H and O–H groups in total. The molecule has 0 aliphatic heterocycles. The molecule has 4 fully saturated rings. The van der Waals surface area contributed by atoms with E-state index in [0.717, 1.165) is 24.7 Å². The lowest BCUT2D eigenvalue weighted by Gasteiger charge is -2.70. The number of allylic oxidation sites excluding steroid dienone is 2. The van der Waals surface area contributed by atoms with Crippen molar-refractivity contribution < 1.29 is 4.79 Å². The highest BCUT2D eigenvalue weighted by Crippen LogP contribution is 2.75. The van der Waals surface area contributed by atoms with Crippen LogP contribution in [-0.2, 0) is 4.79 Å². The maximum atomic E-state index is 12.9. The Morgan fingerprint density at radius 1 is 0.806 bits per heavy atom. The number of hydrogen-bond donors (Lipinski definition) is 0. The fraction of sp³-hybridized carbons (Fsp3) is 0.900. The van der Waals surface area contributed by atoms with E-state index in [4.69, 9.17) is 0 Å². The minimum Gasteiger partial charge on any atom is -0.299 e. The molecule has 7 atom stereocenters. The molecule has 174 valence electrons. The fourth-order valence-electron chi connectivity index (χ4n) is 10.3. The first-order chi connectivity index (χ1) is 14.2. The molecule has 5 aliphatic rings. The third-order valence-corrected chi connectivity index (χ3v) is 12.8. The van der Waals surface area contributed by atoms with Crippen molar-refractivity contribution in [3.05, 3.63) is 11.6 Å². The molecule has 0 bridgehead atoms. The second-order valence-electron chi connectivity index (χ2n) is 15.0. The third-order valence-electron chi connectivity index (χ3n) is 12.8. The maximum Gasteiger partial charge on any atom is 0.138 e. The summed E-state index contributed by atoms with van der Waals surface area (Å²) >= 11 is 0. The second-order valence-corrected chi connectivity index (χ2v) is 15.0. The van der Waals surface area contributed by atoms with Gasteiger partial charge in [-0.05, 0) is 103 Å². The number of ketones is 1. The van der Waals surface area contributed by atoms with Crippen molar-refractivity contribution in [3.63, 3.8) is 0 Å². The lowest BCUT2D eigenvalue weighted by Crippen LogP contribution is -2.64. The average Bonchev–Trinajstić information content (AvgIpc) is 2.67. The summed E-state index contributed by atoms with van der Waals surface area (Å²) in [6, 6.07) is 0. The molecule has 4 saturated carbocycles. The van der Waals surface area contributed by atoms with Crippen LogP contribution in [0.25, 0.3) is 0 Å². The zero-order valence-corrected chi connectivity index (χ0v) is 21.8. The molecule has 31 heavy (non-hydrogen) atoms. The molecule has 0 amide bonds. The van der Waals surface area contributed by atoms with Gasteiger partial charge in [-0.3, -0.25) is 4.79 Å². The van der Waals surface area contributed by atoms with Crippen LogP contribution in [0.4, 0.5) is 0 Å². The van der Waals surface area contributed by atoms with Crippen LogP contribution < -0.4 is 0 Å². The van der Waals surface area contributed by atoms with Crippen LogP contribution in [-0.4, -0.2) is 5.78 Å². The lowest BCUT2D eigenvalue weighted by atomic mass is 9.34. The summed E-state index contributed by atoms with van der Waals surface area (Å²) in [5.41, 5.74) is 3.75. The molecule has 1 unspecified atom stereocenters. The van der Waals surface area contributed by atoms with Crippen molar-refractivity contribution in [2.45, 2.75) is 120 Å². The van der Waals surface area contributed by atoms with Gasteiger partial charge in [0.05, 0.1) is 0 Å². The SMILES string of the molecule is CC1(C)CC[C@]2(C)CC[C@]3(C)C(=CC[C@@H]4[C@@]5(C)CCC(=O)C(C)(C)C5CC[C@]43C)[C@H]2C1. The minimum atomic E-state index is -0.141. The Kier molecular flexibility index (Phi) is 4.51. The number of carbonyl (C=O) groups is 1. The van der Waals surface area contributed by atoms with E-state index >= 15 is 0 Å². The predicted octanol–water partition coefficient (Wildman–Crippen LogP) is 8.38. The molecule has 0 spiro atoms. The van der Waals surface area contributed by atoms with Gasteiger partial charge in [0.25, 0.3) is 0 Å². The first kappa shape index (κ1) is 22.2. The Morgan fingerprint density at radius 2 is 1.48 bits per heavy atom. The van der Waals surface area contributed by atoms with Crippen LogP contribution in [0.15, 0.2) is 11.6 Å². The number of rotatable bonds is 0. The van der Waals surface area contributed by atoms with E-state index in [1.54, 1.807) is 0 Å². The largest absolute Gasteiger partial charge is 0.299 e. The van der Waals surface area contributed by atoms with Gasteiger partial charge >= 0.3 is 0 Å². The summed E-state index contributed by atoms with van der Waals surface area (Å²) in [5.74, 6) is 2.58. The standard InChI is InChI=1S/C30H48O/c1-25(2)15-16-27(5)17-18-29(7)20(21(27)19-25)9-10-23-28(6)13-12-24(31)26(3,4)22(28)11-14-30(23,29)8/h9,21-23H,10-19H2,1-8H3/t21-,22?,23-,27-,28+,29-,30-/m1/s1. The molecule has 0 heterocycles. The molecule has 1 heteroatoms. The van der Waals surface area contributed by atoms with Crippen LogP contribution in [0.1, 0.15) is 120 Å². The van der Waals surface area contributed by atoms with Crippen molar-refractivity contribution in [3.8, 4) is 0 Å². The molecule has 5 aliphatic carbocycles. The van der Waals surface area contributed by atoms with Gasteiger partial charge in [0.15, 0.2) is 0 Å². The van der Waals surface area contributed by atoms with E-state index in [2.05, 4.69) is 61.5 Å². The summed E-state index contributed by atoms with van der Waals surface area (Å²) in [4.78, 5) is 12.9. The quantitative estimate of drug-likeness (QED) is 0.357. The zero-order chi connectivity index (χ0) is 22.7. The van der Waals surface area contributed by atoms with Crippen LogP contribution >= 0.6 is 0 Å². The Balaban J connectivity index is 1.58. The number of hydrogen-bond acceptors (Lipinski definition) is 1. The van der Waals surface area contributed by atoms with Gasteiger partial charge < -0.3 is 0 Å². The van der Waals surface area contributed by atoms with E-state index in [0.29, 0.717) is 38.8 Å². The van der Waals surface area contributed by atoms with E-state index in [1.165, 1.54) is 51.4 Å². The van der Waals surface area contributed by atoms with Gasteiger partial charge in [-0.25, -0.2) is 0 Å². The topological polar surface area (TPSA) is 17.1 Å². The minimum absolute atomic E-state index is 0.141. The summed E-state index contributed by atoms with van der Waals surface area (Å²) < 4.78 is 0. The first-order valence-electron chi connectivity index (χ1n) is 13.4. The van der Waals surface area contributed by atoms with Gasteiger partial charge in [-0.15, -0.1) is 0 Å². The maximum absolute atomic E-state index is 12.9. The van der Waals surface area contributed by atoms with Gasteiger partial charge in [0, 0.05) is 11.8 Å². The van der Waals surface area contributed by atoms with Gasteiger partial charge in [0.2, 0.25) is 0 Å². The lowest BCUT2D eigenvalue weighted by molar-refractivity contribution is -0.184. The fourth-order valence-corrected chi connectivity index (χ4v) is 10.3. The van der Waals surface area contributed by atoms with Crippen molar-refractivity contribution in [1.82, 2.24) is 0 Å². The molecule has 0 aromatic rings. The summed E-state index contributed by atoms with van der Waals surface area (Å²) in [7, 11) is 0. The van der Waals surface area contributed by atoms with Crippen LogP contribution in [0.5, 0.6) is 0 Å². The van der Waals surface area contributed by atoms with Crippen molar-refractivity contribution >= 4 is 5.78 Å². The molecular weight excluding hydrogens is 376 g/mol. The summed E-state index contributed by atoms with van der Waals surface area (Å²) in [6.45, 7) is 20.1. The van der Waals surface area contributed by atoms with Gasteiger partial charge in [-0.2, -0.15) is 0 Å². The van der Waals surface area contributed by atoms with E-state index in [9.17, 15) is 4.79 Å². The monoisotopic (exact) mass is 424 g/mol. The zero-order valence-electron chi connectivity index (χ0n) is 21.8. The number of carbonyl (C=O) groups excluding carboxylic acids is 1. The van der Waals surface area contributed by atoms with Gasteiger partial charge in [0.1, 0.15) is 5.78 Å². The third kappa shape index (κ3) is 2.70. The van der Waals surface area contributed by atoms with Crippen molar-refractivity contribution in [2.75, 3.05) is 0 Å². The summed E-state index contributed by atoms with van der Waals surface area (Å²) in [6.07, 6.45) is 15.5. The van der Waals surface area contributed by atoms with E-state index in [-0.39, 0.29) is 5.41 Å². The highest BCUT2D eigenvalue weighted by atomic mass is 16.1. The number of Topliss-reactive ketones (excluding diaryl/α,β-unsaturated/α-hetero) is 1. The van der Waals surface area contributed by atoms with E-state index < -0.39 is 0 Å². The number of fused-ring (bicyclic) bond motifs is 7. The van der Waals surface area contributed by atoms with Crippen LogP contribution in [0.3, 0.4) is 0 Å². The Hall–Kier alpha value is -0.590. The molecule has 0 saturated heterocycles. The first-order valence-corrected chi connectivity index (χ1v) is 13.4. The van der Waals surface area contributed by atoms with Crippen LogP contribution in [0.2, 0.25) is 0 Å².